The number of rotatable bonds is 7. The van der Waals surface area contributed by atoms with E-state index in [4.69, 9.17) is 4.74 Å². The summed E-state index contributed by atoms with van der Waals surface area (Å²) >= 11 is 2.40. The Kier molecular flexibility index (Phi) is 6.72. The molecule has 4 heteroatoms. The number of aromatic hydroxyl groups is 1. The lowest BCUT2D eigenvalue weighted by Gasteiger charge is -2.16. The van der Waals surface area contributed by atoms with E-state index < -0.39 is 0 Å². The van der Waals surface area contributed by atoms with E-state index in [9.17, 15) is 5.11 Å². The zero-order valence-electron chi connectivity index (χ0n) is 13.9. The molecule has 0 aliphatic heterocycles. The van der Waals surface area contributed by atoms with Gasteiger partial charge < -0.3 is 15.2 Å². The molecule has 0 amide bonds. The Labute approximate surface area is 152 Å². The Morgan fingerprint density at radius 1 is 1.26 bits per heavy atom. The van der Waals surface area contributed by atoms with Gasteiger partial charge in [-0.3, -0.25) is 0 Å². The lowest BCUT2D eigenvalue weighted by Crippen LogP contribution is -2.26. The van der Waals surface area contributed by atoms with Crippen LogP contribution in [0.1, 0.15) is 30.0 Å². The van der Waals surface area contributed by atoms with Gasteiger partial charge in [-0.05, 0) is 84.2 Å². The molecule has 0 bridgehead atoms. The molecule has 0 radical (unpaired) electrons. The Morgan fingerprint density at radius 2 is 2.04 bits per heavy atom. The predicted molar refractivity (Wildman–Crippen MR) is 103 cm³/mol. The molecule has 0 aliphatic carbocycles. The first-order valence-corrected chi connectivity index (χ1v) is 8.92. The van der Waals surface area contributed by atoms with Gasteiger partial charge in [0.15, 0.2) is 11.5 Å². The second kappa shape index (κ2) is 8.55. The molecule has 2 N–H and O–H groups in total. The van der Waals surface area contributed by atoms with Crippen LogP contribution in [0.2, 0.25) is 0 Å². The fourth-order valence-electron chi connectivity index (χ4n) is 2.53. The van der Waals surface area contributed by atoms with E-state index in [0.29, 0.717) is 11.8 Å². The van der Waals surface area contributed by atoms with Gasteiger partial charge in [0.1, 0.15) is 0 Å². The van der Waals surface area contributed by atoms with Crippen LogP contribution in [0.3, 0.4) is 0 Å². The second-order valence-corrected chi connectivity index (χ2v) is 7.02. The Balaban J connectivity index is 1.87. The van der Waals surface area contributed by atoms with Crippen molar-refractivity contribution in [2.75, 3.05) is 7.11 Å². The molecule has 0 aliphatic rings. The van der Waals surface area contributed by atoms with Crippen LogP contribution in [0.4, 0.5) is 0 Å². The molecule has 2 aromatic carbocycles. The Hall–Kier alpha value is -1.27. The summed E-state index contributed by atoms with van der Waals surface area (Å²) in [6.45, 7) is 5.26. The summed E-state index contributed by atoms with van der Waals surface area (Å²) in [4.78, 5) is 0. The van der Waals surface area contributed by atoms with Gasteiger partial charge in [0.25, 0.3) is 0 Å². The highest BCUT2D eigenvalue weighted by Gasteiger charge is 2.08. The van der Waals surface area contributed by atoms with Crippen LogP contribution in [0.15, 0.2) is 36.4 Å². The minimum atomic E-state index is 0.191. The summed E-state index contributed by atoms with van der Waals surface area (Å²) in [7, 11) is 1.58. The predicted octanol–water partition coefficient (Wildman–Crippen LogP) is 4.42. The van der Waals surface area contributed by atoms with E-state index in [1.54, 1.807) is 13.2 Å². The highest BCUT2D eigenvalue weighted by Crippen LogP contribution is 2.26. The molecular formula is C19H24INO2. The molecular weight excluding hydrogens is 401 g/mol. The number of hydrogen-bond donors (Lipinski definition) is 2. The van der Waals surface area contributed by atoms with E-state index in [0.717, 1.165) is 19.4 Å². The van der Waals surface area contributed by atoms with Crippen LogP contribution in [0, 0.1) is 10.5 Å². The zero-order valence-corrected chi connectivity index (χ0v) is 16.1. The van der Waals surface area contributed by atoms with Crippen LogP contribution >= 0.6 is 22.6 Å². The third-order valence-corrected chi connectivity index (χ3v) is 5.10. The van der Waals surface area contributed by atoms with Crippen molar-refractivity contribution >= 4 is 22.6 Å². The molecule has 1 unspecified atom stereocenters. The van der Waals surface area contributed by atoms with Gasteiger partial charge >= 0.3 is 0 Å². The van der Waals surface area contributed by atoms with Gasteiger partial charge in [-0.1, -0.05) is 18.2 Å². The summed E-state index contributed by atoms with van der Waals surface area (Å²) in [6.07, 6.45) is 1.99. The average Bonchev–Trinajstić information content (AvgIpc) is 2.53. The smallest absolute Gasteiger partial charge is 0.160 e. The van der Waals surface area contributed by atoms with Crippen LogP contribution in [0.5, 0.6) is 11.5 Å². The molecule has 1 atom stereocenters. The number of ether oxygens (including phenoxy) is 1. The van der Waals surface area contributed by atoms with Crippen molar-refractivity contribution in [1.29, 1.82) is 0 Å². The minimum absolute atomic E-state index is 0.191. The molecule has 0 saturated carbocycles. The number of methoxy groups -OCH3 is 1. The summed E-state index contributed by atoms with van der Waals surface area (Å²) in [5, 5.41) is 13.2. The Bertz CT molecular complexity index is 638. The molecule has 0 spiro atoms. The largest absolute Gasteiger partial charge is 0.504 e. The van der Waals surface area contributed by atoms with E-state index in [-0.39, 0.29) is 5.75 Å². The molecule has 0 heterocycles. The van der Waals surface area contributed by atoms with Crippen LogP contribution in [0.25, 0.3) is 0 Å². The number of phenols is 1. The van der Waals surface area contributed by atoms with E-state index in [2.05, 4.69) is 60.0 Å². The van der Waals surface area contributed by atoms with Gasteiger partial charge in [-0.15, -0.1) is 0 Å². The quantitative estimate of drug-likeness (QED) is 0.646. The van der Waals surface area contributed by atoms with Crippen molar-refractivity contribution in [3.8, 4) is 11.5 Å². The van der Waals surface area contributed by atoms with Crippen molar-refractivity contribution in [3.05, 3.63) is 56.7 Å². The van der Waals surface area contributed by atoms with Crippen molar-refractivity contribution < 1.29 is 9.84 Å². The van der Waals surface area contributed by atoms with Crippen molar-refractivity contribution in [3.63, 3.8) is 0 Å². The minimum Gasteiger partial charge on any atom is -0.504 e. The lowest BCUT2D eigenvalue weighted by molar-refractivity contribution is 0.372. The average molecular weight is 425 g/mol. The first-order chi connectivity index (χ1) is 11.0. The summed E-state index contributed by atoms with van der Waals surface area (Å²) < 4.78 is 6.47. The van der Waals surface area contributed by atoms with Crippen LogP contribution in [-0.2, 0) is 13.0 Å². The number of nitrogens with one attached hydrogen (secondary N) is 1. The first-order valence-electron chi connectivity index (χ1n) is 7.84. The summed E-state index contributed by atoms with van der Waals surface area (Å²) in [6, 6.07) is 12.4. The number of hydrogen-bond acceptors (Lipinski definition) is 3. The van der Waals surface area contributed by atoms with Gasteiger partial charge in [-0.2, -0.15) is 0 Å². The van der Waals surface area contributed by atoms with Gasteiger partial charge in [0.05, 0.1) is 7.11 Å². The zero-order chi connectivity index (χ0) is 16.8. The third-order valence-electron chi connectivity index (χ3n) is 4.09. The van der Waals surface area contributed by atoms with E-state index in [1.165, 1.54) is 20.3 Å². The highest BCUT2D eigenvalue weighted by molar-refractivity contribution is 14.1. The maximum Gasteiger partial charge on any atom is 0.160 e. The monoisotopic (exact) mass is 425 g/mol. The molecule has 2 aromatic rings. The number of halogens is 1. The standard InChI is InChI=1S/C19H24INO2/c1-13-5-4-6-17(20)16(13)12-21-14(2)7-8-15-9-10-18(22)19(11-15)23-3/h4-6,9-11,14,21-22H,7-8,12H2,1-3H3. The number of phenolic OH excluding ortho intramolecular Hbond substituents is 1. The number of aryl methyl sites for hydroxylation is 2. The molecule has 0 fully saturated rings. The topological polar surface area (TPSA) is 41.5 Å². The lowest BCUT2D eigenvalue weighted by atomic mass is 10.0. The maximum absolute atomic E-state index is 9.64. The fraction of sp³-hybridized carbons (Fsp3) is 0.368. The fourth-order valence-corrected chi connectivity index (χ4v) is 3.35. The van der Waals surface area contributed by atoms with Crippen LogP contribution in [-0.4, -0.2) is 18.3 Å². The van der Waals surface area contributed by atoms with Crippen molar-refractivity contribution in [2.24, 2.45) is 0 Å². The van der Waals surface area contributed by atoms with E-state index >= 15 is 0 Å². The van der Waals surface area contributed by atoms with Gasteiger partial charge in [0.2, 0.25) is 0 Å². The molecule has 23 heavy (non-hydrogen) atoms. The third kappa shape index (κ3) is 5.11. The SMILES string of the molecule is COc1cc(CCC(C)NCc2c(C)cccc2I)ccc1O. The molecule has 2 rings (SSSR count). The maximum atomic E-state index is 9.64. The number of benzene rings is 2. The highest BCUT2D eigenvalue weighted by atomic mass is 127. The molecule has 0 aromatic heterocycles. The van der Waals surface area contributed by atoms with Gasteiger partial charge in [-0.25, -0.2) is 0 Å². The van der Waals surface area contributed by atoms with Crippen molar-refractivity contribution in [1.82, 2.24) is 5.32 Å². The molecule has 3 nitrogen and oxygen atoms in total. The second-order valence-electron chi connectivity index (χ2n) is 5.86. The molecule has 0 saturated heterocycles. The van der Waals surface area contributed by atoms with E-state index in [1.807, 2.05) is 12.1 Å². The summed E-state index contributed by atoms with van der Waals surface area (Å²) in [5.74, 6) is 0.731. The molecule has 124 valence electrons. The Morgan fingerprint density at radius 3 is 2.74 bits per heavy atom. The van der Waals surface area contributed by atoms with Crippen LogP contribution < -0.4 is 10.1 Å². The first kappa shape index (κ1) is 18.1. The normalized spacial score (nSPS) is 12.2. The summed E-state index contributed by atoms with van der Waals surface area (Å²) in [5.41, 5.74) is 3.89. The van der Waals surface area contributed by atoms with Crippen molar-refractivity contribution in [2.45, 2.75) is 39.3 Å². The van der Waals surface area contributed by atoms with Gasteiger partial charge in [0, 0.05) is 16.2 Å².